The highest BCUT2D eigenvalue weighted by Crippen LogP contribution is 2.26. The zero-order valence-corrected chi connectivity index (χ0v) is 9.17. The van der Waals surface area contributed by atoms with Gasteiger partial charge >= 0.3 is 5.97 Å². The Hall–Kier alpha value is -0.350. The molecule has 0 amide bonds. The maximum Gasteiger partial charge on any atom is 0.336 e. The monoisotopic (exact) mass is 248 g/mol. The molecule has 0 aliphatic carbocycles. The van der Waals surface area contributed by atoms with Gasteiger partial charge < -0.3 is 9.47 Å². The zero-order valence-electron chi connectivity index (χ0n) is 7.59. The lowest BCUT2D eigenvalue weighted by atomic mass is 10.1. The summed E-state index contributed by atoms with van der Waals surface area (Å²) >= 11 is 3.43. The van der Waals surface area contributed by atoms with E-state index in [1.54, 1.807) is 6.92 Å². The zero-order chi connectivity index (χ0) is 9.84. The maximum atomic E-state index is 11.3. The first-order valence-electron chi connectivity index (χ1n) is 4.28. The van der Waals surface area contributed by atoms with Gasteiger partial charge in [0.25, 0.3) is 0 Å². The Balaban J connectivity index is 2.51. The molecule has 3 nitrogen and oxygen atoms in total. The van der Waals surface area contributed by atoms with Crippen molar-refractivity contribution in [2.45, 2.75) is 24.3 Å². The van der Waals surface area contributed by atoms with Gasteiger partial charge in [-0.1, -0.05) is 22.5 Å². The fourth-order valence-electron chi connectivity index (χ4n) is 1.22. The van der Waals surface area contributed by atoms with E-state index in [0.717, 1.165) is 6.42 Å². The van der Waals surface area contributed by atoms with E-state index < -0.39 is 0 Å². The molecule has 2 unspecified atom stereocenters. The average Bonchev–Trinajstić information content (AvgIpc) is 2.50. The quantitative estimate of drug-likeness (QED) is 0.433. The van der Waals surface area contributed by atoms with Crippen molar-refractivity contribution in [1.82, 2.24) is 0 Å². The molecule has 0 bridgehead atoms. The van der Waals surface area contributed by atoms with Crippen LogP contribution in [0.15, 0.2) is 12.2 Å². The predicted octanol–water partition coefficient (Wildman–Crippen LogP) is 1.66. The van der Waals surface area contributed by atoms with E-state index in [0.29, 0.717) is 18.8 Å². The second kappa shape index (κ2) is 4.77. The molecular formula is C9H13BrO3. The van der Waals surface area contributed by atoms with Crippen molar-refractivity contribution < 1.29 is 14.3 Å². The Kier molecular flexibility index (Phi) is 3.93. The Morgan fingerprint density at radius 3 is 2.92 bits per heavy atom. The normalized spacial score (nSPS) is 27.2. The van der Waals surface area contributed by atoms with Crippen LogP contribution in [0, 0.1) is 0 Å². The van der Waals surface area contributed by atoms with E-state index in [-0.39, 0.29) is 16.9 Å². The van der Waals surface area contributed by atoms with Gasteiger partial charge in [0.15, 0.2) is 0 Å². The third kappa shape index (κ3) is 2.54. The van der Waals surface area contributed by atoms with Crippen LogP contribution < -0.4 is 0 Å². The van der Waals surface area contributed by atoms with Crippen LogP contribution in [0.5, 0.6) is 0 Å². The molecule has 1 rings (SSSR count). The van der Waals surface area contributed by atoms with E-state index in [9.17, 15) is 4.79 Å². The summed E-state index contributed by atoms with van der Waals surface area (Å²) in [5, 5.41) is 0. The highest BCUT2D eigenvalue weighted by atomic mass is 79.9. The third-order valence-corrected chi connectivity index (χ3v) is 2.84. The van der Waals surface area contributed by atoms with Gasteiger partial charge in [-0.25, -0.2) is 4.79 Å². The minimum absolute atomic E-state index is 0.185. The minimum atomic E-state index is -0.362. The van der Waals surface area contributed by atoms with Crippen LogP contribution in [-0.2, 0) is 14.3 Å². The molecule has 13 heavy (non-hydrogen) atoms. The fourth-order valence-corrected chi connectivity index (χ4v) is 1.88. The summed E-state index contributed by atoms with van der Waals surface area (Å²) in [6.07, 6.45) is 0.683. The number of hydrogen-bond acceptors (Lipinski definition) is 3. The summed E-state index contributed by atoms with van der Waals surface area (Å²) in [7, 11) is 0. The number of alkyl halides is 1. The molecule has 0 N–H and O–H groups in total. The van der Waals surface area contributed by atoms with Crippen LogP contribution in [-0.4, -0.2) is 30.1 Å². The highest BCUT2D eigenvalue weighted by molar-refractivity contribution is 9.09. The second-order valence-corrected chi connectivity index (χ2v) is 4.02. The van der Waals surface area contributed by atoms with Gasteiger partial charge in [-0.3, -0.25) is 0 Å². The van der Waals surface area contributed by atoms with Gasteiger partial charge in [0, 0.05) is 11.4 Å². The van der Waals surface area contributed by atoms with Crippen molar-refractivity contribution in [1.29, 1.82) is 0 Å². The molecule has 0 spiro atoms. The fraction of sp³-hybridized carbons (Fsp3) is 0.667. The lowest BCUT2D eigenvalue weighted by molar-refractivity contribution is -0.139. The van der Waals surface area contributed by atoms with E-state index in [1.807, 2.05) is 0 Å². The molecule has 0 saturated carbocycles. The molecule has 0 aromatic rings. The van der Waals surface area contributed by atoms with Crippen molar-refractivity contribution in [3.05, 3.63) is 12.2 Å². The van der Waals surface area contributed by atoms with E-state index in [1.165, 1.54) is 0 Å². The van der Waals surface area contributed by atoms with Gasteiger partial charge in [-0.2, -0.15) is 0 Å². The first-order valence-corrected chi connectivity index (χ1v) is 5.20. The van der Waals surface area contributed by atoms with Gasteiger partial charge in [0.05, 0.1) is 12.2 Å². The minimum Gasteiger partial charge on any atom is -0.463 e. The first-order chi connectivity index (χ1) is 6.16. The summed E-state index contributed by atoms with van der Waals surface area (Å²) in [4.78, 5) is 11.4. The van der Waals surface area contributed by atoms with Crippen LogP contribution in [0.1, 0.15) is 13.3 Å². The molecule has 74 valence electrons. The van der Waals surface area contributed by atoms with Gasteiger partial charge in [-0.15, -0.1) is 0 Å². The van der Waals surface area contributed by atoms with Gasteiger partial charge in [-0.05, 0) is 13.3 Å². The van der Waals surface area contributed by atoms with E-state index in [4.69, 9.17) is 9.47 Å². The van der Waals surface area contributed by atoms with Gasteiger partial charge in [0.2, 0.25) is 0 Å². The molecule has 0 aromatic heterocycles. The number of carbonyl (C=O) groups is 1. The van der Waals surface area contributed by atoms with Crippen LogP contribution in [0.4, 0.5) is 0 Å². The average molecular weight is 249 g/mol. The largest absolute Gasteiger partial charge is 0.463 e. The highest BCUT2D eigenvalue weighted by Gasteiger charge is 2.31. The van der Waals surface area contributed by atoms with Crippen LogP contribution in [0.25, 0.3) is 0 Å². The van der Waals surface area contributed by atoms with Crippen molar-refractivity contribution in [3.8, 4) is 0 Å². The summed E-state index contributed by atoms with van der Waals surface area (Å²) in [5.41, 5.74) is 0.404. The molecular weight excluding hydrogens is 236 g/mol. The Morgan fingerprint density at radius 2 is 2.46 bits per heavy atom. The molecule has 1 aliphatic heterocycles. The molecule has 2 atom stereocenters. The molecule has 0 radical (unpaired) electrons. The molecule has 1 aliphatic rings. The Labute approximate surface area is 86.2 Å². The van der Waals surface area contributed by atoms with E-state index in [2.05, 4.69) is 22.5 Å². The number of hydrogen-bond donors (Lipinski definition) is 0. The summed E-state index contributed by atoms with van der Waals surface area (Å²) in [5.74, 6) is -0.362. The van der Waals surface area contributed by atoms with E-state index >= 15 is 0 Å². The lowest BCUT2D eigenvalue weighted by Crippen LogP contribution is -2.24. The molecule has 1 fully saturated rings. The van der Waals surface area contributed by atoms with Crippen molar-refractivity contribution in [2.75, 3.05) is 13.2 Å². The number of carbonyl (C=O) groups excluding carboxylic acids is 1. The first kappa shape index (κ1) is 10.7. The number of ether oxygens (including phenoxy) is 2. The Morgan fingerprint density at radius 1 is 1.77 bits per heavy atom. The summed E-state index contributed by atoms with van der Waals surface area (Å²) < 4.78 is 10.2. The Bertz CT molecular complexity index is 215. The van der Waals surface area contributed by atoms with Crippen LogP contribution in [0.2, 0.25) is 0 Å². The second-order valence-electron chi connectivity index (χ2n) is 2.84. The van der Waals surface area contributed by atoms with Crippen molar-refractivity contribution in [3.63, 3.8) is 0 Å². The number of esters is 1. The molecule has 1 heterocycles. The van der Waals surface area contributed by atoms with Crippen LogP contribution >= 0.6 is 15.9 Å². The standard InChI is InChI=1S/C9H13BrO3/c1-3-12-9(11)6(2)8-7(10)4-5-13-8/h7-8H,2-5H2,1H3. The predicted molar refractivity (Wildman–Crippen MR) is 52.8 cm³/mol. The summed E-state index contributed by atoms with van der Waals surface area (Å²) in [6.45, 7) is 6.48. The maximum absolute atomic E-state index is 11.3. The smallest absolute Gasteiger partial charge is 0.336 e. The third-order valence-electron chi connectivity index (χ3n) is 1.90. The van der Waals surface area contributed by atoms with Crippen molar-refractivity contribution >= 4 is 21.9 Å². The topological polar surface area (TPSA) is 35.5 Å². The van der Waals surface area contributed by atoms with Crippen molar-refractivity contribution in [2.24, 2.45) is 0 Å². The molecule has 0 aromatic carbocycles. The summed E-state index contributed by atoms with van der Waals surface area (Å²) in [6, 6.07) is 0. The molecule has 4 heteroatoms. The number of halogens is 1. The van der Waals surface area contributed by atoms with Gasteiger partial charge in [0.1, 0.15) is 6.10 Å². The number of rotatable bonds is 3. The molecule has 1 saturated heterocycles. The lowest BCUT2D eigenvalue weighted by Gasteiger charge is -2.14. The SMILES string of the molecule is C=C(C(=O)OCC)C1OCCC1Br. The van der Waals surface area contributed by atoms with Crippen LogP contribution in [0.3, 0.4) is 0 Å².